The summed E-state index contributed by atoms with van der Waals surface area (Å²) in [6.07, 6.45) is 4.72. The Balaban J connectivity index is 2.20. The van der Waals surface area contributed by atoms with E-state index in [1.807, 2.05) is 0 Å². The van der Waals surface area contributed by atoms with Crippen LogP contribution in [0.3, 0.4) is 0 Å². The van der Waals surface area contributed by atoms with Crippen molar-refractivity contribution in [3.63, 3.8) is 0 Å². The molecule has 1 heterocycles. The van der Waals surface area contributed by atoms with E-state index < -0.39 is 0 Å². The maximum Gasteiger partial charge on any atom is 0.186 e. The largest absolute Gasteiger partial charge is 0.381 e. The zero-order valence-electron chi connectivity index (χ0n) is 12.8. The van der Waals surface area contributed by atoms with E-state index in [0.29, 0.717) is 12.0 Å². The molecule has 0 radical (unpaired) electrons. The fraction of sp³-hybridized carbons (Fsp3) is 0.500. The second-order valence-corrected chi connectivity index (χ2v) is 6.07. The molecule has 0 fully saturated rings. The molecule has 1 N–H and O–H groups in total. The van der Waals surface area contributed by atoms with Crippen LogP contribution in [0.25, 0.3) is 0 Å². The molecule has 0 amide bonds. The lowest BCUT2D eigenvalue weighted by Crippen LogP contribution is -2.40. The summed E-state index contributed by atoms with van der Waals surface area (Å²) in [5.41, 5.74) is 2.80. The molecule has 1 aromatic carbocycles. The number of hydrogen-bond donors (Lipinski definition) is 1. The Morgan fingerprint density at radius 1 is 1.37 bits per heavy atom. The number of likely N-dealkylation sites (N-methyl/N-ethyl adjacent to an activating group) is 1. The van der Waals surface area contributed by atoms with Crippen molar-refractivity contribution in [3.05, 3.63) is 42.0 Å². The van der Waals surface area contributed by atoms with Gasteiger partial charge in [0, 0.05) is 23.2 Å². The lowest BCUT2D eigenvalue weighted by molar-refractivity contribution is 0.308. The summed E-state index contributed by atoms with van der Waals surface area (Å²) in [4.78, 5) is 2.36. The van der Waals surface area contributed by atoms with Crippen LogP contribution < -0.4 is 5.32 Å². The second kappa shape index (κ2) is 5.42. The van der Waals surface area contributed by atoms with Gasteiger partial charge >= 0.3 is 0 Å². The molecule has 0 saturated carbocycles. The standard InChI is InChI=1S/C16H25BN2/c1-5-19(17)16(3,4)11-10-13-12(2)18-15-9-7-6-8-14(13)15/h6-13,18H,5,17H2,1-4H3/b11-10+/t12-,13+/m0/s1. The van der Waals surface area contributed by atoms with Gasteiger partial charge < -0.3 is 10.1 Å². The molecular weight excluding hydrogens is 231 g/mol. The summed E-state index contributed by atoms with van der Waals surface area (Å²) in [6.45, 7) is 10.1. The first kappa shape index (κ1) is 14.2. The molecule has 1 aliphatic heterocycles. The van der Waals surface area contributed by atoms with Crippen molar-refractivity contribution >= 4 is 13.7 Å². The predicted octanol–water partition coefficient (Wildman–Crippen LogP) is 2.79. The van der Waals surface area contributed by atoms with Gasteiger partial charge in [0.1, 0.15) is 0 Å². The van der Waals surface area contributed by atoms with Gasteiger partial charge in [0.15, 0.2) is 7.98 Å². The quantitative estimate of drug-likeness (QED) is 0.658. The molecule has 0 bridgehead atoms. The third-order valence-corrected chi connectivity index (χ3v) is 4.41. The van der Waals surface area contributed by atoms with Crippen LogP contribution in [0.2, 0.25) is 0 Å². The van der Waals surface area contributed by atoms with Crippen LogP contribution in [0.5, 0.6) is 0 Å². The van der Waals surface area contributed by atoms with Gasteiger partial charge in [0.25, 0.3) is 0 Å². The topological polar surface area (TPSA) is 15.3 Å². The van der Waals surface area contributed by atoms with Crippen LogP contribution in [0.15, 0.2) is 36.4 Å². The Morgan fingerprint density at radius 2 is 2.05 bits per heavy atom. The molecule has 2 nitrogen and oxygen atoms in total. The maximum atomic E-state index is 3.56. The molecule has 1 aromatic rings. The Labute approximate surface area is 118 Å². The SMILES string of the molecule is BN(CC)C(C)(C)/C=C/[C@H]1c2ccccc2N[C@H]1C. The van der Waals surface area contributed by atoms with Crippen molar-refractivity contribution < 1.29 is 0 Å². The van der Waals surface area contributed by atoms with Gasteiger partial charge in [-0.3, -0.25) is 0 Å². The number of nitrogens with zero attached hydrogens (tertiary/aromatic N) is 1. The number of rotatable bonds is 4. The van der Waals surface area contributed by atoms with Gasteiger partial charge in [0.05, 0.1) is 0 Å². The number of fused-ring (bicyclic) bond motifs is 1. The third kappa shape index (κ3) is 2.87. The van der Waals surface area contributed by atoms with Gasteiger partial charge in [-0.25, -0.2) is 0 Å². The average molecular weight is 256 g/mol. The third-order valence-electron chi connectivity index (χ3n) is 4.41. The molecule has 0 spiro atoms. The summed E-state index contributed by atoms with van der Waals surface area (Å²) in [5.74, 6) is 0.473. The Hall–Kier alpha value is -1.22. The summed E-state index contributed by atoms with van der Waals surface area (Å²) in [7, 11) is 2.18. The highest BCUT2D eigenvalue weighted by Gasteiger charge is 2.27. The van der Waals surface area contributed by atoms with Gasteiger partial charge in [-0.05, 0) is 38.9 Å². The van der Waals surface area contributed by atoms with Crippen LogP contribution in [-0.4, -0.2) is 30.9 Å². The zero-order chi connectivity index (χ0) is 14.0. The lowest BCUT2D eigenvalue weighted by atomic mass is 9.91. The Bertz CT molecular complexity index is 468. The van der Waals surface area contributed by atoms with E-state index in [0.717, 1.165) is 6.54 Å². The number of benzene rings is 1. The first-order chi connectivity index (χ1) is 8.95. The molecular formula is C16H25BN2. The van der Waals surface area contributed by atoms with Crippen LogP contribution in [-0.2, 0) is 0 Å². The van der Waals surface area contributed by atoms with Crippen molar-refractivity contribution in [2.45, 2.75) is 45.2 Å². The summed E-state index contributed by atoms with van der Waals surface area (Å²) < 4.78 is 0. The fourth-order valence-corrected chi connectivity index (χ4v) is 2.67. The Kier molecular flexibility index (Phi) is 4.05. The smallest absolute Gasteiger partial charge is 0.186 e. The predicted molar refractivity (Wildman–Crippen MR) is 86.4 cm³/mol. The van der Waals surface area contributed by atoms with Crippen molar-refractivity contribution in [1.82, 2.24) is 4.81 Å². The van der Waals surface area contributed by atoms with Gasteiger partial charge in [-0.15, -0.1) is 0 Å². The van der Waals surface area contributed by atoms with E-state index in [1.54, 1.807) is 0 Å². The van der Waals surface area contributed by atoms with E-state index >= 15 is 0 Å². The number of nitrogens with one attached hydrogen (secondary N) is 1. The first-order valence-corrected chi connectivity index (χ1v) is 7.21. The molecule has 2 atom stereocenters. The van der Waals surface area contributed by atoms with Gasteiger partial charge in [-0.1, -0.05) is 37.3 Å². The molecule has 0 saturated heterocycles. The molecule has 1 aliphatic rings. The lowest BCUT2D eigenvalue weighted by Gasteiger charge is -2.33. The number of anilines is 1. The van der Waals surface area contributed by atoms with Crippen LogP contribution in [0, 0.1) is 0 Å². The zero-order valence-corrected chi connectivity index (χ0v) is 12.8. The van der Waals surface area contributed by atoms with Crippen LogP contribution >= 0.6 is 0 Å². The number of para-hydroxylation sites is 1. The molecule has 0 unspecified atom stereocenters. The van der Waals surface area contributed by atoms with Crippen molar-refractivity contribution in [2.24, 2.45) is 0 Å². The highest BCUT2D eigenvalue weighted by Crippen LogP contribution is 2.36. The van der Waals surface area contributed by atoms with Gasteiger partial charge in [0.2, 0.25) is 0 Å². The fourth-order valence-electron chi connectivity index (χ4n) is 2.67. The van der Waals surface area contributed by atoms with Crippen molar-refractivity contribution in [2.75, 3.05) is 11.9 Å². The normalized spacial score (nSPS) is 22.8. The Morgan fingerprint density at radius 3 is 2.74 bits per heavy atom. The maximum absolute atomic E-state index is 3.56. The minimum atomic E-state index is 0.103. The summed E-state index contributed by atoms with van der Waals surface area (Å²) >= 11 is 0. The average Bonchev–Trinajstić information content (AvgIpc) is 2.71. The van der Waals surface area contributed by atoms with Gasteiger partial charge in [-0.2, -0.15) is 0 Å². The molecule has 0 aliphatic carbocycles. The van der Waals surface area contributed by atoms with E-state index in [-0.39, 0.29) is 5.54 Å². The van der Waals surface area contributed by atoms with E-state index in [1.165, 1.54) is 11.3 Å². The molecule has 19 heavy (non-hydrogen) atoms. The van der Waals surface area contributed by atoms with Crippen molar-refractivity contribution in [3.8, 4) is 0 Å². The van der Waals surface area contributed by atoms with E-state index in [9.17, 15) is 0 Å². The molecule has 2 rings (SSSR count). The molecule has 0 aromatic heterocycles. The van der Waals surface area contributed by atoms with E-state index in [4.69, 9.17) is 0 Å². The minimum absolute atomic E-state index is 0.103. The first-order valence-electron chi connectivity index (χ1n) is 7.21. The highest BCUT2D eigenvalue weighted by atomic mass is 15.1. The van der Waals surface area contributed by atoms with Crippen LogP contribution in [0.4, 0.5) is 5.69 Å². The molecule has 3 heteroatoms. The summed E-state index contributed by atoms with van der Waals surface area (Å²) in [5, 5.41) is 3.56. The minimum Gasteiger partial charge on any atom is -0.381 e. The monoisotopic (exact) mass is 256 g/mol. The second-order valence-electron chi connectivity index (χ2n) is 6.07. The highest BCUT2D eigenvalue weighted by molar-refractivity contribution is 6.05. The van der Waals surface area contributed by atoms with Crippen molar-refractivity contribution in [1.29, 1.82) is 0 Å². The van der Waals surface area contributed by atoms with Crippen LogP contribution in [0.1, 0.15) is 39.2 Å². The molecule has 102 valence electrons. The van der Waals surface area contributed by atoms with E-state index in [2.05, 4.69) is 82.2 Å². The number of hydrogen-bond acceptors (Lipinski definition) is 2. The summed E-state index contributed by atoms with van der Waals surface area (Å²) in [6, 6.07) is 9.10.